The maximum atomic E-state index is 12.3. The number of carbonyl (C=O) groups is 1. The van der Waals surface area contributed by atoms with Crippen LogP contribution >= 0.6 is 0 Å². The molecule has 7 heteroatoms. The van der Waals surface area contributed by atoms with Crippen LogP contribution in [0.15, 0.2) is 12.4 Å². The first-order chi connectivity index (χ1) is 9.24. The highest BCUT2D eigenvalue weighted by atomic mass is 16.5. The van der Waals surface area contributed by atoms with Crippen molar-refractivity contribution < 1.29 is 9.53 Å². The lowest BCUT2D eigenvalue weighted by Crippen LogP contribution is -2.39. The minimum Gasteiger partial charge on any atom is -0.384 e. The van der Waals surface area contributed by atoms with Crippen molar-refractivity contribution in [1.29, 1.82) is 0 Å². The van der Waals surface area contributed by atoms with Gasteiger partial charge in [0.25, 0.3) is 5.91 Å². The van der Waals surface area contributed by atoms with E-state index in [1.165, 1.54) is 12.4 Å². The van der Waals surface area contributed by atoms with Gasteiger partial charge in [-0.05, 0) is 18.8 Å². The number of methoxy groups -OCH3 is 1. The van der Waals surface area contributed by atoms with Crippen molar-refractivity contribution in [2.75, 3.05) is 32.2 Å². The Kier molecular flexibility index (Phi) is 4.64. The number of rotatable bonds is 4. The summed E-state index contributed by atoms with van der Waals surface area (Å²) in [6, 6.07) is 0. The molecule has 3 N–H and O–H groups in total. The molecule has 0 atom stereocenters. The molecule has 1 aliphatic heterocycles. The number of aromatic nitrogens is 2. The Balaban J connectivity index is 1.97. The second kappa shape index (κ2) is 6.44. The van der Waals surface area contributed by atoms with Crippen molar-refractivity contribution in [2.24, 2.45) is 11.8 Å². The molecule has 2 heterocycles. The summed E-state index contributed by atoms with van der Waals surface area (Å²) in [5.74, 6) is 6.09. The van der Waals surface area contributed by atoms with Crippen molar-refractivity contribution in [3.8, 4) is 0 Å². The van der Waals surface area contributed by atoms with Gasteiger partial charge in [-0.25, -0.2) is 10.8 Å². The van der Waals surface area contributed by atoms with Crippen LogP contribution in [0, 0.1) is 5.92 Å². The molecule has 1 aromatic heterocycles. The zero-order valence-electron chi connectivity index (χ0n) is 11.0. The molecule has 2 rings (SSSR count). The standard InChI is InChI=1S/C12H19N5O2/c1-19-8-9-2-4-17(5-3-9)12(18)10-6-14-7-11(15-10)16-13/h6-7,9H,2-5,8,13H2,1H3,(H,15,16). The van der Waals surface area contributed by atoms with Gasteiger partial charge in [-0.15, -0.1) is 0 Å². The van der Waals surface area contributed by atoms with Crippen molar-refractivity contribution >= 4 is 11.7 Å². The zero-order valence-corrected chi connectivity index (χ0v) is 11.0. The predicted molar refractivity (Wildman–Crippen MR) is 70.3 cm³/mol. The lowest BCUT2D eigenvalue weighted by Gasteiger charge is -2.31. The first-order valence-electron chi connectivity index (χ1n) is 6.31. The highest BCUT2D eigenvalue weighted by Gasteiger charge is 2.24. The van der Waals surface area contributed by atoms with Gasteiger partial charge in [0.2, 0.25) is 0 Å². The smallest absolute Gasteiger partial charge is 0.274 e. The SMILES string of the molecule is COCC1CCN(C(=O)c2cncc(NN)n2)CC1. The Bertz CT molecular complexity index is 432. The normalized spacial score (nSPS) is 16.4. The fourth-order valence-electron chi connectivity index (χ4n) is 2.24. The molecule has 19 heavy (non-hydrogen) atoms. The number of anilines is 1. The largest absolute Gasteiger partial charge is 0.384 e. The molecule has 1 fully saturated rings. The number of hydrogen-bond donors (Lipinski definition) is 2. The molecule has 0 bridgehead atoms. The maximum Gasteiger partial charge on any atom is 0.274 e. The summed E-state index contributed by atoms with van der Waals surface area (Å²) in [5.41, 5.74) is 2.71. The average Bonchev–Trinajstić information content (AvgIpc) is 2.48. The highest BCUT2D eigenvalue weighted by molar-refractivity contribution is 5.92. The summed E-state index contributed by atoms with van der Waals surface area (Å²) in [5, 5.41) is 0. The van der Waals surface area contributed by atoms with Gasteiger partial charge in [0.15, 0.2) is 5.82 Å². The van der Waals surface area contributed by atoms with E-state index in [4.69, 9.17) is 10.6 Å². The summed E-state index contributed by atoms with van der Waals surface area (Å²) in [6.07, 6.45) is 4.86. The van der Waals surface area contributed by atoms with Gasteiger partial charge in [-0.1, -0.05) is 0 Å². The molecule has 104 valence electrons. The van der Waals surface area contributed by atoms with E-state index in [2.05, 4.69) is 15.4 Å². The number of ether oxygens (including phenoxy) is 1. The van der Waals surface area contributed by atoms with Gasteiger partial charge >= 0.3 is 0 Å². The monoisotopic (exact) mass is 265 g/mol. The molecule has 0 aromatic carbocycles. The van der Waals surface area contributed by atoms with Crippen LogP contribution in [0.3, 0.4) is 0 Å². The van der Waals surface area contributed by atoms with Crippen LogP contribution < -0.4 is 11.3 Å². The molecule has 1 aromatic rings. The third-order valence-corrected chi connectivity index (χ3v) is 3.31. The number of nitrogens with one attached hydrogen (secondary N) is 1. The molecular weight excluding hydrogens is 246 g/mol. The molecule has 1 amide bonds. The van der Waals surface area contributed by atoms with Crippen LogP contribution in [0.2, 0.25) is 0 Å². The van der Waals surface area contributed by atoms with Crippen molar-refractivity contribution in [1.82, 2.24) is 14.9 Å². The van der Waals surface area contributed by atoms with Crippen molar-refractivity contribution in [2.45, 2.75) is 12.8 Å². The van der Waals surface area contributed by atoms with Crippen LogP contribution in [0.4, 0.5) is 5.82 Å². The molecule has 0 spiro atoms. The lowest BCUT2D eigenvalue weighted by atomic mass is 9.97. The maximum absolute atomic E-state index is 12.3. The molecule has 0 radical (unpaired) electrons. The Morgan fingerprint density at radius 2 is 2.26 bits per heavy atom. The number of nitrogen functional groups attached to an aromatic ring is 1. The average molecular weight is 265 g/mol. The van der Waals surface area contributed by atoms with Gasteiger partial charge in [-0.2, -0.15) is 0 Å². The third kappa shape index (κ3) is 3.39. The lowest BCUT2D eigenvalue weighted by molar-refractivity contribution is 0.0608. The van der Waals surface area contributed by atoms with E-state index in [9.17, 15) is 4.79 Å². The van der Waals surface area contributed by atoms with Gasteiger partial charge in [0.05, 0.1) is 12.4 Å². The Morgan fingerprint density at radius 1 is 1.53 bits per heavy atom. The number of amides is 1. The van der Waals surface area contributed by atoms with Gasteiger partial charge in [0, 0.05) is 26.8 Å². The summed E-state index contributed by atoms with van der Waals surface area (Å²) in [4.78, 5) is 22.1. The van der Waals surface area contributed by atoms with Crippen molar-refractivity contribution in [3.63, 3.8) is 0 Å². The number of nitrogens with zero attached hydrogens (tertiary/aromatic N) is 3. The number of carbonyl (C=O) groups excluding carboxylic acids is 1. The van der Waals surface area contributed by atoms with Crippen LogP contribution in [-0.2, 0) is 4.74 Å². The molecule has 0 saturated carbocycles. The van der Waals surface area contributed by atoms with Gasteiger partial charge in [0.1, 0.15) is 5.69 Å². The molecule has 0 aliphatic carbocycles. The zero-order chi connectivity index (χ0) is 13.7. The predicted octanol–water partition coefficient (Wildman–Crippen LogP) is 0.261. The Hall–Kier alpha value is -1.73. The summed E-state index contributed by atoms with van der Waals surface area (Å²) < 4.78 is 5.14. The molecule has 1 saturated heterocycles. The first-order valence-corrected chi connectivity index (χ1v) is 6.31. The van der Waals surface area contributed by atoms with Gasteiger partial charge < -0.3 is 15.1 Å². The third-order valence-electron chi connectivity index (χ3n) is 3.31. The van der Waals surface area contributed by atoms with E-state index in [0.717, 1.165) is 32.5 Å². The van der Waals surface area contributed by atoms with Crippen molar-refractivity contribution in [3.05, 3.63) is 18.1 Å². The second-order valence-corrected chi connectivity index (χ2v) is 4.62. The Morgan fingerprint density at radius 3 is 2.89 bits per heavy atom. The molecular formula is C12H19N5O2. The van der Waals surface area contributed by atoms with Crippen LogP contribution in [0.5, 0.6) is 0 Å². The molecule has 7 nitrogen and oxygen atoms in total. The highest BCUT2D eigenvalue weighted by Crippen LogP contribution is 2.18. The quantitative estimate of drug-likeness (QED) is 0.599. The van der Waals surface area contributed by atoms with Crippen LogP contribution in [0.25, 0.3) is 0 Å². The summed E-state index contributed by atoms with van der Waals surface area (Å²) in [7, 11) is 1.71. The van der Waals surface area contributed by atoms with E-state index in [0.29, 0.717) is 17.4 Å². The summed E-state index contributed by atoms with van der Waals surface area (Å²) >= 11 is 0. The number of nitrogens with two attached hydrogens (primary N) is 1. The van der Waals surface area contributed by atoms with Crippen LogP contribution in [0.1, 0.15) is 23.3 Å². The number of hydrazine groups is 1. The topological polar surface area (TPSA) is 93.4 Å². The number of piperidine rings is 1. The minimum absolute atomic E-state index is 0.0968. The summed E-state index contributed by atoms with van der Waals surface area (Å²) in [6.45, 7) is 2.22. The molecule has 0 unspecified atom stereocenters. The first kappa shape index (κ1) is 13.7. The number of likely N-dealkylation sites (tertiary alicyclic amines) is 1. The fraction of sp³-hybridized carbons (Fsp3) is 0.583. The number of hydrogen-bond acceptors (Lipinski definition) is 6. The minimum atomic E-state index is -0.0968. The van der Waals surface area contributed by atoms with Gasteiger partial charge in [-0.3, -0.25) is 9.78 Å². The second-order valence-electron chi connectivity index (χ2n) is 4.62. The van der Waals surface area contributed by atoms with Crippen LogP contribution in [-0.4, -0.2) is 47.6 Å². The van der Waals surface area contributed by atoms with E-state index in [1.807, 2.05) is 0 Å². The Labute approximate surface area is 112 Å². The fourth-order valence-corrected chi connectivity index (χ4v) is 2.24. The van der Waals surface area contributed by atoms with E-state index in [-0.39, 0.29) is 5.91 Å². The van der Waals surface area contributed by atoms with E-state index < -0.39 is 0 Å². The molecule has 1 aliphatic rings. The van der Waals surface area contributed by atoms with E-state index in [1.54, 1.807) is 12.0 Å². The van der Waals surface area contributed by atoms with E-state index >= 15 is 0 Å².